The second kappa shape index (κ2) is 11.2. The Morgan fingerprint density at radius 2 is 1.80 bits per heavy atom. The molecule has 2 saturated heterocycles. The first-order valence-corrected chi connectivity index (χ1v) is 16.3. The molecule has 16 heteroatoms. The minimum Gasteiger partial charge on any atom is -0.352 e. The smallest absolute Gasteiger partial charge is 0.352 e. The molecule has 3 aliphatic heterocycles. The Hall–Kier alpha value is -2.75. The van der Waals surface area contributed by atoms with E-state index in [1.807, 2.05) is 0 Å². The molecule has 0 aliphatic carbocycles. The van der Waals surface area contributed by atoms with Crippen LogP contribution in [0.3, 0.4) is 0 Å². The average molecular weight is 692 g/mol. The van der Waals surface area contributed by atoms with Gasteiger partial charge in [-0.1, -0.05) is 18.2 Å². The number of aromatic nitrogens is 2. The van der Waals surface area contributed by atoms with E-state index in [0.29, 0.717) is 0 Å². The van der Waals surface area contributed by atoms with E-state index >= 15 is 0 Å². The van der Waals surface area contributed by atoms with E-state index in [-0.39, 0.29) is 94.2 Å². The molecule has 1 amide bonds. The van der Waals surface area contributed by atoms with E-state index in [0.717, 1.165) is 29.2 Å². The number of carbonyl (C=O) groups excluding carboxylic acids is 1. The van der Waals surface area contributed by atoms with Crippen LogP contribution in [0, 0.1) is 5.41 Å². The molecule has 1 aromatic carbocycles. The van der Waals surface area contributed by atoms with Crippen molar-refractivity contribution in [1.82, 2.24) is 19.4 Å². The summed E-state index contributed by atoms with van der Waals surface area (Å²) >= 11 is 8.66. The lowest BCUT2D eigenvalue weighted by Crippen LogP contribution is -2.61. The van der Waals surface area contributed by atoms with E-state index < -0.39 is 35.6 Å². The van der Waals surface area contributed by atoms with Gasteiger partial charge in [0.2, 0.25) is 5.91 Å². The van der Waals surface area contributed by atoms with Crippen LogP contribution in [0.4, 0.5) is 32.2 Å². The molecule has 3 aromatic rings. The molecule has 0 bridgehead atoms. The van der Waals surface area contributed by atoms with Gasteiger partial charge in [-0.25, -0.2) is 4.79 Å². The summed E-state index contributed by atoms with van der Waals surface area (Å²) in [6.45, 7) is 6.50. The van der Waals surface area contributed by atoms with Crippen LogP contribution in [0.15, 0.2) is 39.2 Å². The van der Waals surface area contributed by atoms with Gasteiger partial charge >= 0.3 is 18.0 Å². The number of alkyl halides is 6. The summed E-state index contributed by atoms with van der Waals surface area (Å²) < 4.78 is 85.5. The lowest BCUT2D eigenvalue weighted by atomic mass is 9.81. The summed E-state index contributed by atoms with van der Waals surface area (Å²) in [6.07, 6.45) is -8.02. The van der Waals surface area contributed by atoms with Gasteiger partial charge in [0, 0.05) is 88.1 Å². The van der Waals surface area contributed by atoms with Crippen molar-refractivity contribution in [2.45, 2.75) is 49.7 Å². The molecular formula is C29H28ClF6N5O2S2. The van der Waals surface area contributed by atoms with E-state index in [2.05, 4.69) is 11.6 Å². The number of amides is 1. The third-order valence-corrected chi connectivity index (χ3v) is 11.2. The number of hydrogen-bond acceptors (Lipinski definition) is 7. The molecule has 0 N–H and O–H groups in total. The fraction of sp³-hybridized carbons (Fsp3) is 0.483. The minimum atomic E-state index is -4.82. The molecule has 2 aromatic heterocycles. The molecular weight excluding hydrogens is 664 g/mol. The number of rotatable bonds is 4. The first-order valence-electron chi connectivity index (χ1n) is 14.0. The quantitative estimate of drug-likeness (QED) is 0.234. The van der Waals surface area contributed by atoms with Crippen molar-refractivity contribution < 1.29 is 31.1 Å². The van der Waals surface area contributed by atoms with Crippen molar-refractivity contribution in [3.05, 3.63) is 50.6 Å². The predicted molar refractivity (Wildman–Crippen MR) is 163 cm³/mol. The number of hydrogen-bond donors (Lipinski definition) is 0. The monoisotopic (exact) mass is 691 g/mol. The number of nitrogens with zero attached hydrogens (tertiary/aromatic N) is 5. The summed E-state index contributed by atoms with van der Waals surface area (Å²) in [5.74, 6) is -0.0250. The first kappa shape index (κ1) is 32.2. The zero-order chi connectivity index (χ0) is 32.6. The van der Waals surface area contributed by atoms with Gasteiger partial charge in [-0.2, -0.15) is 42.7 Å². The van der Waals surface area contributed by atoms with Crippen LogP contribution in [0.5, 0.6) is 0 Å². The van der Waals surface area contributed by atoms with Gasteiger partial charge in [0.05, 0.1) is 22.6 Å². The van der Waals surface area contributed by atoms with E-state index in [4.69, 9.17) is 11.6 Å². The number of anilines is 1. The standard InChI is InChI=1S/C29H28ClF6N5O2S2/c1-4-21(42)41-15(2)6-39(7-16(41)3)25-17-5-19(29(34,35)36)22(18-8-44-9-20(18)30)24-23(17)40(26(43)37-25)12-27(14-45-24)10-38(11-27)13-28(31,32)33/h4-5,8-9,15-16H,1,6-7,10-14H2,2-3H3/t15-,16+. The van der Waals surface area contributed by atoms with Crippen LogP contribution in [-0.4, -0.2) is 82.0 Å². The molecule has 45 heavy (non-hydrogen) atoms. The molecule has 7 nitrogen and oxygen atoms in total. The van der Waals surface area contributed by atoms with Crippen LogP contribution in [0.1, 0.15) is 19.4 Å². The van der Waals surface area contributed by atoms with Crippen molar-refractivity contribution in [1.29, 1.82) is 0 Å². The van der Waals surface area contributed by atoms with E-state index in [1.54, 1.807) is 23.6 Å². The van der Waals surface area contributed by atoms with Crippen LogP contribution in [0.25, 0.3) is 22.0 Å². The van der Waals surface area contributed by atoms with Gasteiger partial charge in [-0.05, 0) is 26.0 Å². The maximum absolute atomic E-state index is 14.9. The summed E-state index contributed by atoms with van der Waals surface area (Å²) in [5.41, 5.74) is -2.20. The highest BCUT2D eigenvalue weighted by Gasteiger charge is 2.49. The second-order valence-corrected chi connectivity index (χ2v) is 14.2. The fourth-order valence-electron chi connectivity index (χ4n) is 6.97. The van der Waals surface area contributed by atoms with Gasteiger partial charge in [0.15, 0.2) is 0 Å². The van der Waals surface area contributed by atoms with Crippen molar-refractivity contribution >= 4 is 57.3 Å². The van der Waals surface area contributed by atoms with Crippen LogP contribution >= 0.6 is 34.7 Å². The lowest BCUT2D eigenvalue weighted by molar-refractivity contribution is -0.168. The molecule has 3 aliphatic rings. The molecule has 2 fully saturated rings. The lowest BCUT2D eigenvalue weighted by Gasteiger charge is -2.50. The highest BCUT2D eigenvalue weighted by atomic mass is 35.5. The maximum Gasteiger partial charge on any atom is 0.417 e. The zero-order valence-electron chi connectivity index (χ0n) is 24.1. The average Bonchev–Trinajstić information content (AvgIpc) is 3.25. The Balaban J connectivity index is 1.56. The number of halogens is 7. The summed E-state index contributed by atoms with van der Waals surface area (Å²) in [4.78, 5) is 35.4. The Morgan fingerprint density at radius 3 is 2.36 bits per heavy atom. The highest BCUT2D eigenvalue weighted by molar-refractivity contribution is 7.99. The number of benzene rings is 1. The molecule has 0 unspecified atom stereocenters. The summed E-state index contributed by atoms with van der Waals surface area (Å²) in [5, 5.41) is 3.27. The second-order valence-electron chi connectivity index (χ2n) is 12.1. The fourth-order valence-corrected chi connectivity index (χ4v) is 9.48. The Morgan fingerprint density at radius 1 is 1.13 bits per heavy atom. The van der Waals surface area contributed by atoms with Crippen molar-refractivity contribution in [3.8, 4) is 11.1 Å². The topological polar surface area (TPSA) is 61.7 Å². The molecule has 6 rings (SSSR count). The van der Waals surface area contributed by atoms with Crippen molar-refractivity contribution in [2.75, 3.05) is 43.4 Å². The van der Waals surface area contributed by atoms with Gasteiger partial charge in [-0.15, -0.1) is 11.8 Å². The largest absolute Gasteiger partial charge is 0.417 e. The first-order chi connectivity index (χ1) is 21.0. The normalized spacial score (nSPS) is 22.1. The number of piperazine rings is 1. The SMILES string of the molecule is C=CC(=O)N1[C@H](C)CN(c2nc(=O)n3c4c(c(-c5cscc5Cl)c(C(F)(F)F)cc24)SCC2(CN(CC(F)(F)F)C2)C3)C[C@@H]1C. The highest BCUT2D eigenvalue weighted by Crippen LogP contribution is 2.52. The molecule has 2 atom stereocenters. The van der Waals surface area contributed by atoms with Gasteiger partial charge in [-0.3, -0.25) is 14.3 Å². The Labute approximate surface area is 267 Å². The number of thiophene rings is 1. The van der Waals surface area contributed by atoms with E-state index in [9.17, 15) is 35.9 Å². The summed E-state index contributed by atoms with van der Waals surface area (Å²) in [6, 6.07) is 0.269. The third kappa shape index (κ3) is 5.74. The number of carbonyl (C=O) groups is 1. The Kier molecular flexibility index (Phi) is 8.01. The van der Waals surface area contributed by atoms with Crippen molar-refractivity contribution in [3.63, 3.8) is 0 Å². The third-order valence-electron chi connectivity index (χ3n) is 8.57. The number of thioether (sulfide) groups is 1. The van der Waals surface area contributed by atoms with Gasteiger partial charge in [0.25, 0.3) is 0 Å². The maximum atomic E-state index is 14.9. The zero-order valence-corrected chi connectivity index (χ0v) is 26.5. The van der Waals surface area contributed by atoms with Crippen LogP contribution < -0.4 is 10.6 Å². The van der Waals surface area contributed by atoms with Gasteiger partial charge < -0.3 is 9.80 Å². The van der Waals surface area contributed by atoms with Gasteiger partial charge in [0.1, 0.15) is 5.82 Å². The van der Waals surface area contributed by atoms with Crippen molar-refractivity contribution in [2.24, 2.45) is 5.41 Å². The molecule has 242 valence electrons. The van der Waals surface area contributed by atoms with Crippen LogP contribution in [0.2, 0.25) is 5.02 Å². The molecule has 0 radical (unpaired) electrons. The molecule has 1 spiro atoms. The summed E-state index contributed by atoms with van der Waals surface area (Å²) in [7, 11) is 0. The number of likely N-dealkylation sites (tertiary alicyclic amines) is 1. The molecule has 0 saturated carbocycles. The van der Waals surface area contributed by atoms with E-state index in [1.165, 1.54) is 26.3 Å². The Bertz CT molecular complexity index is 1740. The van der Waals surface area contributed by atoms with Crippen LogP contribution in [-0.2, 0) is 17.5 Å². The molecule has 5 heterocycles. The predicted octanol–water partition coefficient (Wildman–Crippen LogP) is 6.38. The minimum absolute atomic E-state index is 0.000559.